The number of nitriles is 1. The molecule has 2 aromatic carbocycles. The van der Waals surface area contributed by atoms with Gasteiger partial charge in [-0.05, 0) is 36.2 Å². The molecule has 1 fully saturated rings. The van der Waals surface area contributed by atoms with Gasteiger partial charge in [-0.25, -0.2) is 15.2 Å². The quantitative estimate of drug-likeness (QED) is 0.510. The van der Waals surface area contributed by atoms with E-state index in [1.54, 1.807) is 12.1 Å². The van der Waals surface area contributed by atoms with Crippen LogP contribution >= 0.6 is 15.9 Å². The zero-order valence-electron chi connectivity index (χ0n) is 15.8. The summed E-state index contributed by atoms with van der Waals surface area (Å²) in [6.45, 7) is 1.92. The largest absolute Gasteiger partial charge is 0.458 e. The Morgan fingerprint density at radius 1 is 1.23 bits per heavy atom. The number of nitrogens with two attached hydrogens (primary N) is 1. The number of aryl methyl sites for hydroxylation is 1. The highest BCUT2D eigenvalue weighted by Crippen LogP contribution is 2.58. The van der Waals surface area contributed by atoms with Crippen LogP contribution in [-0.2, 0) is 14.9 Å². The molecule has 30 heavy (non-hydrogen) atoms. The third kappa shape index (κ3) is 2.32. The molecule has 5 N–H and O–H groups in total. The minimum atomic E-state index is -1.39. The fraction of sp³-hybridized carbons (Fsp3) is 0.238. The molecule has 0 radical (unpaired) electrons. The van der Waals surface area contributed by atoms with E-state index in [2.05, 4.69) is 38.2 Å². The summed E-state index contributed by atoms with van der Waals surface area (Å²) in [5.41, 5.74) is 13.9. The Morgan fingerprint density at radius 2 is 1.97 bits per heavy atom. The van der Waals surface area contributed by atoms with Crippen molar-refractivity contribution in [3.05, 3.63) is 74.8 Å². The number of carbonyl (C=O) groups is 1. The summed E-state index contributed by atoms with van der Waals surface area (Å²) < 4.78 is 20.1. The average molecular weight is 470 g/mol. The molecule has 4 atom stereocenters. The number of rotatable bonds is 1. The van der Waals surface area contributed by atoms with Gasteiger partial charge in [0.15, 0.2) is 6.23 Å². The van der Waals surface area contributed by atoms with Crippen molar-refractivity contribution in [1.29, 1.82) is 5.26 Å². The standard InChI is InChI=1S/C21H17BrFN5O2/c1-9-2-7-13-14(16(9)22)21(20(29)26-13)12(8-24)18(25)30-19-15(21)17(27-28-19)10-3-5-11(23)6-4-10/h2-7,15,17,19,27-28H,25H2,1H3,(H,26,29). The first kappa shape index (κ1) is 19.1. The first-order valence-corrected chi connectivity index (χ1v) is 10.1. The molecule has 3 heterocycles. The maximum atomic E-state index is 13.6. The molecule has 0 saturated carbocycles. The summed E-state index contributed by atoms with van der Waals surface area (Å²) >= 11 is 3.63. The maximum absolute atomic E-state index is 13.6. The Hall–Kier alpha value is -2.93. The van der Waals surface area contributed by atoms with Crippen molar-refractivity contribution in [2.45, 2.75) is 24.6 Å². The lowest BCUT2D eigenvalue weighted by atomic mass is 9.61. The Labute approximate surface area is 180 Å². The normalized spacial score (nSPS) is 29.3. The van der Waals surface area contributed by atoms with Gasteiger partial charge in [0.2, 0.25) is 11.8 Å². The molecule has 0 aliphatic carbocycles. The van der Waals surface area contributed by atoms with Gasteiger partial charge in [-0.15, -0.1) is 0 Å². The van der Waals surface area contributed by atoms with Crippen LogP contribution in [0.5, 0.6) is 0 Å². The Balaban J connectivity index is 1.81. The van der Waals surface area contributed by atoms with Crippen LogP contribution in [0.2, 0.25) is 0 Å². The minimum absolute atomic E-state index is 0.0592. The van der Waals surface area contributed by atoms with Gasteiger partial charge < -0.3 is 15.8 Å². The zero-order valence-corrected chi connectivity index (χ0v) is 17.4. The van der Waals surface area contributed by atoms with Gasteiger partial charge in [-0.1, -0.05) is 34.1 Å². The lowest BCUT2D eigenvalue weighted by Crippen LogP contribution is -2.54. The van der Waals surface area contributed by atoms with Crippen molar-refractivity contribution in [1.82, 2.24) is 10.9 Å². The number of halogens is 2. The predicted octanol–water partition coefficient (Wildman–Crippen LogP) is 2.60. The van der Waals surface area contributed by atoms with E-state index in [0.717, 1.165) is 15.6 Å². The third-order valence-electron chi connectivity index (χ3n) is 6.14. The topological polar surface area (TPSA) is 112 Å². The van der Waals surface area contributed by atoms with Crippen LogP contribution in [0.4, 0.5) is 10.1 Å². The number of hydrogen-bond acceptors (Lipinski definition) is 6. The molecule has 1 saturated heterocycles. The smallest absolute Gasteiger partial charge is 0.241 e. The molecule has 5 rings (SSSR count). The second kappa shape index (κ2) is 6.54. The van der Waals surface area contributed by atoms with Crippen molar-refractivity contribution in [2.24, 2.45) is 11.7 Å². The van der Waals surface area contributed by atoms with Crippen LogP contribution in [0.25, 0.3) is 0 Å². The van der Waals surface area contributed by atoms with E-state index in [1.165, 1.54) is 12.1 Å². The minimum Gasteiger partial charge on any atom is -0.458 e. The summed E-state index contributed by atoms with van der Waals surface area (Å²) in [6.07, 6.45) is -0.679. The highest BCUT2D eigenvalue weighted by Gasteiger charge is 2.66. The van der Waals surface area contributed by atoms with E-state index in [9.17, 15) is 14.4 Å². The van der Waals surface area contributed by atoms with Crippen molar-refractivity contribution in [3.63, 3.8) is 0 Å². The zero-order chi connectivity index (χ0) is 21.2. The molecule has 4 unspecified atom stereocenters. The highest BCUT2D eigenvalue weighted by molar-refractivity contribution is 9.10. The van der Waals surface area contributed by atoms with Crippen LogP contribution in [0.3, 0.4) is 0 Å². The van der Waals surface area contributed by atoms with Gasteiger partial charge in [-0.2, -0.15) is 5.26 Å². The molecular weight excluding hydrogens is 453 g/mol. The fourth-order valence-corrected chi connectivity index (χ4v) is 5.49. The molecule has 1 amide bonds. The van der Waals surface area contributed by atoms with Gasteiger partial charge in [-0.3, -0.25) is 4.79 Å². The number of nitrogens with zero attached hydrogens (tertiary/aromatic N) is 1. The van der Waals surface area contributed by atoms with Gasteiger partial charge in [0.1, 0.15) is 22.9 Å². The molecule has 3 aliphatic heterocycles. The van der Waals surface area contributed by atoms with Crippen LogP contribution < -0.4 is 21.9 Å². The van der Waals surface area contributed by atoms with Crippen LogP contribution in [0, 0.1) is 30.0 Å². The number of nitrogens with one attached hydrogen (secondary N) is 3. The lowest BCUT2D eigenvalue weighted by molar-refractivity contribution is -0.124. The number of hydrazine groups is 1. The first-order valence-electron chi connectivity index (χ1n) is 9.34. The summed E-state index contributed by atoms with van der Waals surface area (Å²) in [5, 5.41) is 13.0. The molecule has 2 aromatic rings. The maximum Gasteiger partial charge on any atom is 0.241 e. The van der Waals surface area contributed by atoms with Crippen molar-refractivity contribution in [2.75, 3.05) is 5.32 Å². The highest BCUT2D eigenvalue weighted by atomic mass is 79.9. The molecule has 7 nitrogen and oxygen atoms in total. The number of benzene rings is 2. The second-order valence-corrected chi connectivity index (χ2v) is 8.41. The summed E-state index contributed by atoms with van der Waals surface area (Å²) in [7, 11) is 0. The van der Waals surface area contributed by atoms with E-state index < -0.39 is 23.6 Å². The fourth-order valence-electron chi connectivity index (χ4n) is 4.83. The number of fused-ring (bicyclic) bond motifs is 4. The van der Waals surface area contributed by atoms with Crippen LogP contribution in [0.15, 0.2) is 52.3 Å². The Bertz CT molecular complexity index is 1160. The summed E-state index contributed by atoms with van der Waals surface area (Å²) in [5.74, 6) is -1.37. The number of ether oxygens (including phenoxy) is 1. The number of hydrogen-bond donors (Lipinski definition) is 4. The summed E-state index contributed by atoms with van der Waals surface area (Å²) in [6, 6.07) is 11.4. The van der Waals surface area contributed by atoms with E-state index in [-0.39, 0.29) is 23.2 Å². The monoisotopic (exact) mass is 469 g/mol. The second-order valence-electron chi connectivity index (χ2n) is 7.61. The van der Waals surface area contributed by atoms with Crippen molar-refractivity contribution in [3.8, 4) is 6.07 Å². The average Bonchev–Trinajstić information content (AvgIpc) is 3.26. The molecule has 0 aromatic heterocycles. The Morgan fingerprint density at radius 3 is 2.67 bits per heavy atom. The third-order valence-corrected chi connectivity index (χ3v) is 7.16. The Kier molecular flexibility index (Phi) is 4.15. The van der Waals surface area contributed by atoms with Crippen molar-refractivity contribution >= 4 is 27.5 Å². The van der Waals surface area contributed by atoms with E-state index in [1.807, 2.05) is 19.1 Å². The SMILES string of the molecule is Cc1ccc2c(c1Br)C1(C(=O)N2)C(C#N)=C(N)OC2NNC(c3ccc(F)cc3)C21. The van der Waals surface area contributed by atoms with E-state index in [4.69, 9.17) is 10.5 Å². The van der Waals surface area contributed by atoms with Crippen LogP contribution in [0.1, 0.15) is 22.7 Å². The molecular formula is C21H17BrFN5O2. The van der Waals surface area contributed by atoms with E-state index in [0.29, 0.717) is 11.3 Å². The molecule has 1 spiro atoms. The van der Waals surface area contributed by atoms with Crippen LogP contribution in [-0.4, -0.2) is 12.1 Å². The molecule has 0 bridgehead atoms. The van der Waals surface area contributed by atoms with Gasteiger partial charge in [0.05, 0.1) is 12.0 Å². The number of amides is 1. The van der Waals surface area contributed by atoms with Crippen molar-refractivity contribution < 1.29 is 13.9 Å². The number of anilines is 1. The molecule has 3 aliphatic rings. The molecule has 9 heteroatoms. The van der Waals surface area contributed by atoms with Gasteiger partial charge in [0.25, 0.3) is 0 Å². The first-order chi connectivity index (χ1) is 14.4. The number of carbonyl (C=O) groups excluding carboxylic acids is 1. The predicted molar refractivity (Wildman–Crippen MR) is 110 cm³/mol. The van der Waals surface area contributed by atoms with E-state index >= 15 is 0 Å². The lowest BCUT2D eigenvalue weighted by Gasteiger charge is -2.42. The summed E-state index contributed by atoms with van der Waals surface area (Å²) in [4.78, 5) is 13.6. The molecule has 152 valence electrons. The van der Waals surface area contributed by atoms with Gasteiger partial charge in [0, 0.05) is 15.7 Å². The van der Waals surface area contributed by atoms with Gasteiger partial charge >= 0.3 is 0 Å².